The molecule has 2 rings (SSSR count). The minimum absolute atomic E-state index is 0.453. The van der Waals surface area contributed by atoms with Gasteiger partial charge in [-0.25, -0.2) is 0 Å². The topological polar surface area (TPSA) is 51.8 Å². The Morgan fingerprint density at radius 1 is 1.36 bits per heavy atom. The Labute approximate surface area is 103 Å². The van der Waals surface area contributed by atoms with E-state index >= 15 is 0 Å². The first-order chi connectivity index (χ1) is 6.66. The Morgan fingerprint density at radius 3 is 2.71 bits per heavy atom. The molecule has 72 valence electrons. The summed E-state index contributed by atoms with van der Waals surface area (Å²) in [5.41, 5.74) is 6.37. The standard InChI is InChI=1S/C8H5ClIN3S/c9-6-3-4(10)1-2-5(6)7-12-13-8(11)14-7/h1-3H,(H2,11,13). The van der Waals surface area contributed by atoms with E-state index in [2.05, 4.69) is 32.8 Å². The molecular weight excluding hydrogens is 333 g/mol. The van der Waals surface area contributed by atoms with Crippen LogP contribution in [0.3, 0.4) is 0 Å². The fourth-order valence-corrected chi connectivity index (χ4v) is 2.66. The number of aromatic nitrogens is 2. The van der Waals surface area contributed by atoms with Crippen LogP contribution in [0.1, 0.15) is 0 Å². The van der Waals surface area contributed by atoms with E-state index in [9.17, 15) is 0 Å². The molecule has 1 aromatic heterocycles. The summed E-state index contributed by atoms with van der Waals surface area (Å²) >= 11 is 9.60. The quantitative estimate of drug-likeness (QED) is 0.814. The summed E-state index contributed by atoms with van der Waals surface area (Å²) in [6.07, 6.45) is 0. The van der Waals surface area contributed by atoms with Crippen molar-refractivity contribution in [2.75, 3.05) is 5.73 Å². The smallest absolute Gasteiger partial charge is 0.203 e. The number of nitrogen functional groups attached to an aromatic ring is 1. The third-order valence-corrected chi connectivity index (χ3v) is 3.37. The average molecular weight is 338 g/mol. The first-order valence-corrected chi connectivity index (χ1v) is 5.98. The van der Waals surface area contributed by atoms with Crippen LogP contribution in [0.5, 0.6) is 0 Å². The van der Waals surface area contributed by atoms with Gasteiger partial charge in [0, 0.05) is 9.13 Å². The molecule has 0 radical (unpaired) electrons. The number of nitrogens with two attached hydrogens (primary N) is 1. The van der Waals surface area contributed by atoms with Crippen LogP contribution in [-0.4, -0.2) is 10.2 Å². The van der Waals surface area contributed by atoms with Gasteiger partial charge in [-0.1, -0.05) is 22.9 Å². The Bertz CT molecular complexity index is 471. The molecule has 0 saturated heterocycles. The number of hydrogen-bond acceptors (Lipinski definition) is 4. The number of benzene rings is 1. The van der Waals surface area contributed by atoms with Crippen molar-refractivity contribution < 1.29 is 0 Å². The molecule has 2 N–H and O–H groups in total. The van der Waals surface area contributed by atoms with Crippen molar-refractivity contribution in [2.24, 2.45) is 0 Å². The van der Waals surface area contributed by atoms with Gasteiger partial charge in [0.15, 0.2) is 5.01 Å². The van der Waals surface area contributed by atoms with Crippen molar-refractivity contribution in [3.8, 4) is 10.6 Å². The molecule has 0 amide bonds. The number of halogens is 2. The largest absolute Gasteiger partial charge is 0.374 e. The molecule has 0 aliphatic carbocycles. The predicted molar refractivity (Wildman–Crippen MR) is 67.5 cm³/mol. The summed E-state index contributed by atoms with van der Waals surface area (Å²) in [4.78, 5) is 0. The van der Waals surface area contributed by atoms with Gasteiger partial charge in [0.25, 0.3) is 0 Å². The minimum atomic E-state index is 0.453. The summed E-state index contributed by atoms with van der Waals surface area (Å²) in [6.45, 7) is 0. The monoisotopic (exact) mass is 337 g/mol. The Morgan fingerprint density at radius 2 is 2.14 bits per heavy atom. The molecule has 0 bridgehead atoms. The van der Waals surface area contributed by atoms with Crippen LogP contribution in [0.4, 0.5) is 5.13 Å². The summed E-state index contributed by atoms with van der Waals surface area (Å²) < 4.78 is 1.09. The predicted octanol–water partition coefficient (Wildman–Crippen LogP) is 3.05. The summed E-state index contributed by atoms with van der Waals surface area (Å²) in [5.74, 6) is 0. The number of hydrogen-bond donors (Lipinski definition) is 1. The zero-order valence-corrected chi connectivity index (χ0v) is 10.6. The highest BCUT2D eigenvalue weighted by atomic mass is 127. The highest BCUT2D eigenvalue weighted by molar-refractivity contribution is 14.1. The van der Waals surface area contributed by atoms with E-state index in [0.29, 0.717) is 10.2 Å². The third-order valence-electron chi connectivity index (χ3n) is 1.60. The van der Waals surface area contributed by atoms with Gasteiger partial charge in [-0.3, -0.25) is 0 Å². The second-order valence-electron chi connectivity index (χ2n) is 2.57. The van der Waals surface area contributed by atoms with Crippen LogP contribution in [0.25, 0.3) is 10.6 Å². The van der Waals surface area contributed by atoms with Gasteiger partial charge in [-0.15, -0.1) is 10.2 Å². The molecule has 0 unspecified atom stereocenters. The molecule has 1 heterocycles. The molecule has 0 saturated carbocycles. The van der Waals surface area contributed by atoms with Gasteiger partial charge in [-0.2, -0.15) is 0 Å². The molecule has 3 nitrogen and oxygen atoms in total. The van der Waals surface area contributed by atoms with Gasteiger partial charge in [0.1, 0.15) is 0 Å². The van der Waals surface area contributed by atoms with Crippen molar-refractivity contribution in [3.63, 3.8) is 0 Å². The lowest BCUT2D eigenvalue weighted by atomic mass is 10.2. The maximum atomic E-state index is 6.07. The maximum Gasteiger partial charge on any atom is 0.203 e. The molecule has 0 fully saturated rings. The molecular formula is C8H5ClIN3S. The van der Waals surface area contributed by atoms with Crippen molar-refractivity contribution in [2.45, 2.75) is 0 Å². The van der Waals surface area contributed by atoms with E-state index in [1.54, 1.807) is 0 Å². The van der Waals surface area contributed by atoms with Crippen LogP contribution >= 0.6 is 45.5 Å². The molecule has 0 atom stereocenters. The van der Waals surface area contributed by atoms with Crippen LogP contribution in [0.2, 0.25) is 5.02 Å². The first-order valence-electron chi connectivity index (χ1n) is 3.71. The fraction of sp³-hybridized carbons (Fsp3) is 0. The second-order valence-corrected chi connectivity index (χ2v) is 5.23. The van der Waals surface area contributed by atoms with Crippen molar-refractivity contribution in [3.05, 3.63) is 26.8 Å². The Hall–Kier alpha value is -0.400. The third kappa shape index (κ3) is 1.99. The minimum Gasteiger partial charge on any atom is -0.374 e. The molecule has 2 aromatic rings. The number of nitrogens with zero attached hydrogens (tertiary/aromatic N) is 2. The zero-order valence-electron chi connectivity index (χ0n) is 6.87. The van der Waals surface area contributed by atoms with Gasteiger partial charge >= 0.3 is 0 Å². The molecule has 14 heavy (non-hydrogen) atoms. The molecule has 0 spiro atoms. The summed E-state index contributed by atoms with van der Waals surface area (Å²) in [6, 6.07) is 5.78. The molecule has 6 heteroatoms. The zero-order chi connectivity index (χ0) is 10.1. The van der Waals surface area contributed by atoms with E-state index in [4.69, 9.17) is 17.3 Å². The van der Waals surface area contributed by atoms with E-state index in [1.807, 2.05) is 18.2 Å². The number of rotatable bonds is 1. The number of anilines is 1. The average Bonchev–Trinajstić information content (AvgIpc) is 2.51. The van der Waals surface area contributed by atoms with E-state index in [0.717, 1.165) is 14.1 Å². The summed E-state index contributed by atoms with van der Waals surface area (Å²) in [7, 11) is 0. The highest BCUT2D eigenvalue weighted by Crippen LogP contribution is 2.31. The van der Waals surface area contributed by atoms with Gasteiger partial charge < -0.3 is 5.73 Å². The van der Waals surface area contributed by atoms with Crippen LogP contribution in [0, 0.1) is 3.57 Å². The molecule has 0 aliphatic heterocycles. The second kappa shape index (κ2) is 4.00. The molecule has 0 aliphatic rings. The van der Waals surface area contributed by atoms with Crippen molar-refractivity contribution in [1.82, 2.24) is 10.2 Å². The first kappa shape index (κ1) is 10.1. The highest BCUT2D eigenvalue weighted by Gasteiger charge is 2.08. The SMILES string of the molecule is Nc1nnc(-c2ccc(I)cc2Cl)s1. The maximum absolute atomic E-state index is 6.07. The van der Waals surface area contributed by atoms with Gasteiger partial charge in [-0.05, 0) is 40.8 Å². The van der Waals surface area contributed by atoms with Gasteiger partial charge in [0.05, 0.1) is 5.02 Å². The lowest BCUT2D eigenvalue weighted by molar-refractivity contribution is 1.10. The van der Waals surface area contributed by atoms with E-state index in [-0.39, 0.29) is 0 Å². The molecule has 1 aromatic carbocycles. The fourth-order valence-electron chi connectivity index (χ4n) is 1.01. The normalized spacial score (nSPS) is 10.4. The van der Waals surface area contributed by atoms with E-state index in [1.165, 1.54) is 11.3 Å². The van der Waals surface area contributed by atoms with Crippen LogP contribution in [0.15, 0.2) is 18.2 Å². The van der Waals surface area contributed by atoms with Crippen molar-refractivity contribution in [1.29, 1.82) is 0 Å². The lowest BCUT2D eigenvalue weighted by Crippen LogP contribution is -1.81. The Balaban J connectivity index is 2.52. The Kier molecular flexibility index (Phi) is 2.89. The summed E-state index contributed by atoms with van der Waals surface area (Å²) in [5, 5.41) is 9.56. The van der Waals surface area contributed by atoms with E-state index < -0.39 is 0 Å². The van der Waals surface area contributed by atoms with Crippen LogP contribution in [-0.2, 0) is 0 Å². The lowest BCUT2D eigenvalue weighted by Gasteiger charge is -1.99. The van der Waals surface area contributed by atoms with Crippen molar-refractivity contribution >= 4 is 50.7 Å². The van der Waals surface area contributed by atoms with Crippen LogP contribution < -0.4 is 5.73 Å². The van der Waals surface area contributed by atoms with Gasteiger partial charge in [0.2, 0.25) is 5.13 Å².